The fourth-order valence-corrected chi connectivity index (χ4v) is 2.52. The lowest BCUT2D eigenvalue weighted by molar-refractivity contribution is 0.395. The predicted molar refractivity (Wildman–Crippen MR) is 100 cm³/mol. The topological polar surface area (TPSA) is 51.8 Å². The zero-order chi connectivity index (χ0) is 17.5. The molecular weight excluding hydrogens is 324 g/mol. The third kappa shape index (κ3) is 4.52. The molecule has 0 spiro atoms. The molecule has 0 bridgehead atoms. The van der Waals surface area contributed by atoms with E-state index in [2.05, 4.69) is 10.6 Å². The fourth-order valence-electron chi connectivity index (χ4n) is 2.23. The van der Waals surface area contributed by atoms with Gasteiger partial charge in [0.15, 0.2) is 5.11 Å². The van der Waals surface area contributed by atoms with Crippen LogP contribution >= 0.6 is 12.2 Å². The SMILES string of the molecule is COc1ccc(C(C)NC(=S)Nc2ccc(OC)cc2OC)cc1. The normalized spacial score (nSPS) is 11.3. The van der Waals surface area contributed by atoms with Gasteiger partial charge in [0, 0.05) is 6.07 Å². The molecular formula is C18H22N2O3S. The summed E-state index contributed by atoms with van der Waals surface area (Å²) in [5.74, 6) is 2.22. The van der Waals surface area contributed by atoms with Crippen molar-refractivity contribution in [1.29, 1.82) is 0 Å². The van der Waals surface area contributed by atoms with E-state index in [1.807, 2.05) is 43.3 Å². The van der Waals surface area contributed by atoms with E-state index in [9.17, 15) is 0 Å². The summed E-state index contributed by atoms with van der Waals surface area (Å²) >= 11 is 5.40. The third-order valence-electron chi connectivity index (χ3n) is 3.62. The maximum atomic E-state index is 5.40. The number of benzene rings is 2. The Morgan fingerprint density at radius 1 is 0.917 bits per heavy atom. The first-order valence-corrected chi connectivity index (χ1v) is 7.91. The van der Waals surface area contributed by atoms with Crippen molar-refractivity contribution in [3.8, 4) is 17.2 Å². The molecule has 0 amide bonds. The van der Waals surface area contributed by atoms with Gasteiger partial charge in [0.1, 0.15) is 17.2 Å². The third-order valence-corrected chi connectivity index (χ3v) is 3.84. The van der Waals surface area contributed by atoms with Gasteiger partial charge in [-0.25, -0.2) is 0 Å². The molecule has 2 aromatic rings. The summed E-state index contributed by atoms with van der Waals surface area (Å²) in [5.41, 5.74) is 1.89. The Morgan fingerprint density at radius 2 is 1.54 bits per heavy atom. The Hall–Kier alpha value is -2.47. The van der Waals surface area contributed by atoms with Crippen molar-refractivity contribution in [2.24, 2.45) is 0 Å². The minimum atomic E-state index is 0.0557. The maximum Gasteiger partial charge on any atom is 0.171 e. The largest absolute Gasteiger partial charge is 0.497 e. The first-order chi connectivity index (χ1) is 11.6. The van der Waals surface area contributed by atoms with Gasteiger partial charge in [-0.2, -0.15) is 0 Å². The van der Waals surface area contributed by atoms with Crippen LogP contribution in [0.15, 0.2) is 42.5 Å². The molecule has 1 atom stereocenters. The highest BCUT2D eigenvalue weighted by molar-refractivity contribution is 7.80. The van der Waals surface area contributed by atoms with Gasteiger partial charge in [0.2, 0.25) is 0 Å². The molecule has 24 heavy (non-hydrogen) atoms. The molecule has 128 valence electrons. The van der Waals surface area contributed by atoms with Crippen LogP contribution in [0.5, 0.6) is 17.2 Å². The standard InChI is InChI=1S/C18H22N2O3S/c1-12(13-5-7-14(21-2)8-6-13)19-18(24)20-16-10-9-15(22-3)11-17(16)23-4/h5-12H,1-4H3,(H2,19,20,24). The van der Waals surface area contributed by atoms with Crippen LogP contribution in [0.3, 0.4) is 0 Å². The van der Waals surface area contributed by atoms with Gasteiger partial charge in [-0.15, -0.1) is 0 Å². The summed E-state index contributed by atoms with van der Waals surface area (Å²) in [5, 5.41) is 6.92. The van der Waals surface area contributed by atoms with Crippen LogP contribution in [0.4, 0.5) is 5.69 Å². The highest BCUT2D eigenvalue weighted by atomic mass is 32.1. The van der Waals surface area contributed by atoms with Crippen molar-refractivity contribution >= 4 is 23.0 Å². The lowest BCUT2D eigenvalue weighted by atomic mass is 10.1. The van der Waals surface area contributed by atoms with Crippen LogP contribution in [-0.4, -0.2) is 26.4 Å². The molecule has 0 aliphatic rings. The fraction of sp³-hybridized carbons (Fsp3) is 0.278. The van der Waals surface area contributed by atoms with Crippen molar-refractivity contribution in [3.05, 3.63) is 48.0 Å². The van der Waals surface area contributed by atoms with E-state index in [4.69, 9.17) is 26.4 Å². The van der Waals surface area contributed by atoms with Gasteiger partial charge in [-0.1, -0.05) is 12.1 Å². The van der Waals surface area contributed by atoms with Gasteiger partial charge in [-0.05, 0) is 49.0 Å². The average molecular weight is 346 g/mol. The average Bonchev–Trinajstić information content (AvgIpc) is 2.61. The molecule has 0 aromatic heterocycles. The molecule has 0 radical (unpaired) electrons. The Bertz CT molecular complexity index is 689. The Balaban J connectivity index is 2.01. The molecule has 0 fully saturated rings. The van der Waals surface area contributed by atoms with Crippen molar-refractivity contribution in [2.75, 3.05) is 26.6 Å². The molecule has 0 aliphatic heterocycles. The first kappa shape index (κ1) is 17.9. The number of hydrogen-bond acceptors (Lipinski definition) is 4. The molecule has 5 nitrogen and oxygen atoms in total. The molecule has 0 aliphatic carbocycles. The van der Waals surface area contributed by atoms with Gasteiger partial charge in [-0.3, -0.25) is 0 Å². The van der Waals surface area contributed by atoms with Crippen molar-refractivity contribution in [2.45, 2.75) is 13.0 Å². The van der Waals surface area contributed by atoms with E-state index in [0.29, 0.717) is 10.9 Å². The van der Waals surface area contributed by atoms with Crippen LogP contribution in [0, 0.1) is 0 Å². The van der Waals surface area contributed by atoms with Gasteiger partial charge >= 0.3 is 0 Å². The van der Waals surface area contributed by atoms with Crippen molar-refractivity contribution < 1.29 is 14.2 Å². The molecule has 0 saturated carbocycles. The zero-order valence-corrected chi connectivity index (χ0v) is 15.1. The Labute approximate surface area is 147 Å². The van der Waals surface area contributed by atoms with E-state index < -0.39 is 0 Å². The number of thiocarbonyl (C=S) groups is 1. The second-order valence-electron chi connectivity index (χ2n) is 5.16. The minimum absolute atomic E-state index is 0.0557. The molecule has 6 heteroatoms. The number of ether oxygens (including phenoxy) is 3. The summed E-state index contributed by atoms with van der Waals surface area (Å²) in [4.78, 5) is 0. The van der Waals surface area contributed by atoms with Crippen LogP contribution < -0.4 is 24.8 Å². The summed E-state index contributed by atoms with van der Waals surface area (Å²) in [6.07, 6.45) is 0. The molecule has 0 heterocycles. The number of methoxy groups -OCH3 is 3. The molecule has 2 rings (SSSR count). The zero-order valence-electron chi connectivity index (χ0n) is 14.3. The van der Waals surface area contributed by atoms with Crippen molar-refractivity contribution in [3.63, 3.8) is 0 Å². The lowest BCUT2D eigenvalue weighted by Crippen LogP contribution is -2.31. The van der Waals surface area contributed by atoms with Gasteiger partial charge in [0.25, 0.3) is 0 Å². The van der Waals surface area contributed by atoms with Crippen LogP contribution in [0.2, 0.25) is 0 Å². The maximum absolute atomic E-state index is 5.40. The highest BCUT2D eigenvalue weighted by Crippen LogP contribution is 2.29. The van der Waals surface area contributed by atoms with Gasteiger partial charge in [0.05, 0.1) is 33.1 Å². The predicted octanol–water partition coefficient (Wildman–Crippen LogP) is 3.76. The summed E-state index contributed by atoms with van der Waals surface area (Å²) in [6, 6.07) is 13.4. The lowest BCUT2D eigenvalue weighted by Gasteiger charge is -2.19. The molecule has 2 aromatic carbocycles. The number of hydrogen-bond donors (Lipinski definition) is 2. The van der Waals surface area contributed by atoms with E-state index in [0.717, 1.165) is 22.7 Å². The Kier molecular flexibility index (Phi) is 6.26. The summed E-state index contributed by atoms with van der Waals surface area (Å²) < 4.78 is 15.7. The number of anilines is 1. The van der Waals surface area contributed by atoms with E-state index in [-0.39, 0.29) is 6.04 Å². The molecule has 2 N–H and O–H groups in total. The Morgan fingerprint density at radius 3 is 2.12 bits per heavy atom. The second kappa shape index (κ2) is 8.40. The number of rotatable bonds is 6. The van der Waals surface area contributed by atoms with Crippen LogP contribution in [0.25, 0.3) is 0 Å². The number of nitrogens with one attached hydrogen (secondary N) is 2. The van der Waals surface area contributed by atoms with Crippen LogP contribution in [0.1, 0.15) is 18.5 Å². The van der Waals surface area contributed by atoms with E-state index in [1.54, 1.807) is 27.4 Å². The molecule has 1 unspecified atom stereocenters. The monoisotopic (exact) mass is 346 g/mol. The smallest absolute Gasteiger partial charge is 0.171 e. The summed E-state index contributed by atoms with van der Waals surface area (Å²) in [6.45, 7) is 2.04. The second-order valence-corrected chi connectivity index (χ2v) is 5.57. The minimum Gasteiger partial charge on any atom is -0.497 e. The highest BCUT2D eigenvalue weighted by Gasteiger charge is 2.10. The van der Waals surface area contributed by atoms with Crippen molar-refractivity contribution in [1.82, 2.24) is 5.32 Å². The van der Waals surface area contributed by atoms with Crippen LogP contribution in [-0.2, 0) is 0 Å². The first-order valence-electron chi connectivity index (χ1n) is 7.51. The van der Waals surface area contributed by atoms with Gasteiger partial charge < -0.3 is 24.8 Å². The quantitative estimate of drug-likeness (QED) is 0.777. The van der Waals surface area contributed by atoms with E-state index >= 15 is 0 Å². The van der Waals surface area contributed by atoms with E-state index in [1.165, 1.54) is 0 Å². The summed E-state index contributed by atoms with van der Waals surface area (Å²) in [7, 11) is 4.87. The molecule has 0 saturated heterocycles.